The standard InChI is InChI=1S/C17H23N5O/c1-3-4-13-7-16(22-21-13)17(23)20-10-15-11(2)19-9-12-8-18-6-5-14(12)15/h7,9,18H,3-6,8,10H2,1-2H3,(H,20,23)(H,21,22). The maximum atomic E-state index is 12.3. The average Bonchev–Trinajstić information content (AvgIpc) is 3.03. The first kappa shape index (κ1) is 15.7. The van der Waals surface area contributed by atoms with E-state index in [1.54, 1.807) is 0 Å². The van der Waals surface area contributed by atoms with Gasteiger partial charge in [0.1, 0.15) is 5.69 Å². The summed E-state index contributed by atoms with van der Waals surface area (Å²) in [6.07, 6.45) is 4.85. The number of aromatic nitrogens is 3. The lowest BCUT2D eigenvalue weighted by Gasteiger charge is -2.21. The molecule has 1 amide bonds. The van der Waals surface area contributed by atoms with Crippen LogP contribution in [0, 0.1) is 6.92 Å². The monoisotopic (exact) mass is 313 g/mol. The molecule has 0 atom stereocenters. The highest BCUT2D eigenvalue weighted by Crippen LogP contribution is 2.20. The highest BCUT2D eigenvalue weighted by molar-refractivity contribution is 5.92. The Morgan fingerprint density at radius 1 is 1.43 bits per heavy atom. The van der Waals surface area contributed by atoms with E-state index < -0.39 is 0 Å². The Labute approximate surface area is 136 Å². The van der Waals surface area contributed by atoms with Crippen molar-refractivity contribution in [1.82, 2.24) is 25.8 Å². The number of amides is 1. The number of nitrogens with zero attached hydrogens (tertiary/aromatic N) is 2. The number of hydrogen-bond acceptors (Lipinski definition) is 4. The Bertz CT molecular complexity index is 707. The maximum absolute atomic E-state index is 12.3. The number of rotatable bonds is 5. The van der Waals surface area contributed by atoms with E-state index in [0.717, 1.165) is 49.3 Å². The second-order valence-corrected chi connectivity index (χ2v) is 5.96. The fraction of sp³-hybridized carbons (Fsp3) is 0.471. The number of nitrogens with one attached hydrogen (secondary N) is 3. The highest BCUT2D eigenvalue weighted by Gasteiger charge is 2.17. The van der Waals surface area contributed by atoms with Gasteiger partial charge in [-0.3, -0.25) is 14.9 Å². The molecule has 0 fully saturated rings. The molecule has 6 nitrogen and oxygen atoms in total. The average molecular weight is 313 g/mol. The lowest BCUT2D eigenvalue weighted by Crippen LogP contribution is -2.29. The molecule has 0 spiro atoms. The number of hydrogen-bond donors (Lipinski definition) is 3. The van der Waals surface area contributed by atoms with E-state index in [2.05, 4.69) is 32.7 Å². The van der Waals surface area contributed by atoms with Crippen molar-refractivity contribution in [2.24, 2.45) is 0 Å². The quantitative estimate of drug-likeness (QED) is 0.784. The number of carbonyl (C=O) groups excluding carboxylic acids is 1. The Hall–Kier alpha value is -2.21. The van der Waals surface area contributed by atoms with Crippen LogP contribution in [0.1, 0.15) is 51.9 Å². The summed E-state index contributed by atoms with van der Waals surface area (Å²) in [5.41, 5.74) is 6.13. The predicted molar refractivity (Wildman–Crippen MR) is 88.1 cm³/mol. The molecule has 23 heavy (non-hydrogen) atoms. The molecule has 0 saturated carbocycles. The van der Waals surface area contributed by atoms with E-state index in [9.17, 15) is 4.79 Å². The maximum Gasteiger partial charge on any atom is 0.272 e. The number of carbonyl (C=O) groups is 1. The molecular weight excluding hydrogens is 290 g/mol. The normalized spacial score (nSPS) is 13.7. The SMILES string of the molecule is CCCc1cc(C(=O)NCc2c(C)ncc3c2CCNC3)n[nH]1. The molecule has 1 aliphatic heterocycles. The van der Waals surface area contributed by atoms with Crippen molar-refractivity contribution < 1.29 is 4.79 Å². The molecular formula is C17H23N5O. The zero-order valence-corrected chi connectivity index (χ0v) is 13.7. The Balaban J connectivity index is 1.71. The zero-order chi connectivity index (χ0) is 16.2. The molecule has 6 heteroatoms. The number of pyridine rings is 1. The van der Waals surface area contributed by atoms with Crippen molar-refractivity contribution in [3.63, 3.8) is 0 Å². The molecule has 0 unspecified atom stereocenters. The van der Waals surface area contributed by atoms with Gasteiger partial charge in [0.2, 0.25) is 0 Å². The Morgan fingerprint density at radius 2 is 2.30 bits per heavy atom. The van der Waals surface area contributed by atoms with Crippen molar-refractivity contribution in [3.05, 3.63) is 46.0 Å². The molecule has 122 valence electrons. The van der Waals surface area contributed by atoms with Crippen molar-refractivity contribution in [2.45, 2.75) is 46.2 Å². The minimum atomic E-state index is -0.144. The van der Waals surface area contributed by atoms with Gasteiger partial charge >= 0.3 is 0 Å². The van der Waals surface area contributed by atoms with Crippen LogP contribution in [0.25, 0.3) is 0 Å². The van der Waals surface area contributed by atoms with Gasteiger partial charge in [0.25, 0.3) is 5.91 Å². The topological polar surface area (TPSA) is 82.7 Å². The molecule has 2 aromatic rings. The van der Waals surface area contributed by atoms with E-state index >= 15 is 0 Å². The van der Waals surface area contributed by atoms with Crippen LogP contribution in [0.4, 0.5) is 0 Å². The van der Waals surface area contributed by atoms with Gasteiger partial charge in [0, 0.05) is 30.7 Å². The number of fused-ring (bicyclic) bond motifs is 1. The third kappa shape index (κ3) is 3.42. The number of aromatic amines is 1. The van der Waals surface area contributed by atoms with Crippen LogP contribution < -0.4 is 10.6 Å². The van der Waals surface area contributed by atoms with Crippen LogP contribution >= 0.6 is 0 Å². The van der Waals surface area contributed by atoms with E-state index in [1.165, 1.54) is 11.1 Å². The minimum absolute atomic E-state index is 0.144. The fourth-order valence-electron chi connectivity index (χ4n) is 3.01. The summed E-state index contributed by atoms with van der Waals surface area (Å²) in [7, 11) is 0. The molecule has 0 bridgehead atoms. The first-order valence-electron chi connectivity index (χ1n) is 8.18. The van der Waals surface area contributed by atoms with E-state index in [1.807, 2.05) is 19.2 Å². The van der Waals surface area contributed by atoms with Gasteiger partial charge in [-0.05, 0) is 49.1 Å². The summed E-state index contributed by atoms with van der Waals surface area (Å²) < 4.78 is 0. The lowest BCUT2D eigenvalue weighted by atomic mass is 9.96. The van der Waals surface area contributed by atoms with E-state index in [0.29, 0.717) is 12.2 Å². The third-order valence-corrected chi connectivity index (χ3v) is 4.28. The van der Waals surface area contributed by atoms with Crippen molar-refractivity contribution >= 4 is 5.91 Å². The third-order valence-electron chi connectivity index (χ3n) is 4.28. The van der Waals surface area contributed by atoms with Crippen LogP contribution in [0.15, 0.2) is 12.3 Å². The first-order chi connectivity index (χ1) is 11.2. The summed E-state index contributed by atoms with van der Waals surface area (Å²) in [5, 5.41) is 13.3. The van der Waals surface area contributed by atoms with E-state index in [-0.39, 0.29) is 5.91 Å². The molecule has 0 radical (unpaired) electrons. The number of aryl methyl sites for hydroxylation is 2. The second-order valence-electron chi connectivity index (χ2n) is 5.96. The van der Waals surface area contributed by atoms with Crippen LogP contribution in [0.2, 0.25) is 0 Å². The summed E-state index contributed by atoms with van der Waals surface area (Å²) in [4.78, 5) is 16.7. The zero-order valence-electron chi connectivity index (χ0n) is 13.7. The molecule has 3 rings (SSSR count). The molecule has 3 N–H and O–H groups in total. The molecule has 0 aliphatic carbocycles. The van der Waals surface area contributed by atoms with Gasteiger partial charge in [-0.25, -0.2) is 0 Å². The molecule has 3 heterocycles. The summed E-state index contributed by atoms with van der Waals surface area (Å²) >= 11 is 0. The van der Waals surface area contributed by atoms with Crippen molar-refractivity contribution in [3.8, 4) is 0 Å². The first-order valence-corrected chi connectivity index (χ1v) is 8.18. The highest BCUT2D eigenvalue weighted by atomic mass is 16.1. The van der Waals surface area contributed by atoms with Gasteiger partial charge in [0.05, 0.1) is 0 Å². The van der Waals surface area contributed by atoms with E-state index in [4.69, 9.17) is 0 Å². The smallest absolute Gasteiger partial charge is 0.272 e. The van der Waals surface area contributed by atoms with Crippen LogP contribution in [0.3, 0.4) is 0 Å². The fourth-order valence-corrected chi connectivity index (χ4v) is 3.01. The van der Waals surface area contributed by atoms with Crippen molar-refractivity contribution in [2.75, 3.05) is 6.54 Å². The summed E-state index contributed by atoms with van der Waals surface area (Å²) in [5.74, 6) is -0.144. The minimum Gasteiger partial charge on any atom is -0.346 e. The Morgan fingerprint density at radius 3 is 3.13 bits per heavy atom. The van der Waals surface area contributed by atoms with Crippen molar-refractivity contribution in [1.29, 1.82) is 0 Å². The van der Waals surface area contributed by atoms with Crippen LogP contribution in [-0.4, -0.2) is 27.6 Å². The second kappa shape index (κ2) is 6.91. The summed E-state index contributed by atoms with van der Waals surface area (Å²) in [6, 6.07) is 1.83. The molecule has 0 saturated heterocycles. The molecule has 1 aliphatic rings. The molecule has 2 aromatic heterocycles. The Kier molecular flexibility index (Phi) is 4.71. The van der Waals surface area contributed by atoms with Gasteiger partial charge in [-0.1, -0.05) is 13.3 Å². The predicted octanol–water partition coefficient (Wildman–Crippen LogP) is 1.64. The molecule has 0 aromatic carbocycles. The summed E-state index contributed by atoms with van der Waals surface area (Å²) in [6.45, 7) is 6.42. The van der Waals surface area contributed by atoms with Crippen LogP contribution in [0.5, 0.6) is 0 Å². The lowest BCUT2D eigenvalue weighted by molar-refractivity contribution is 0.0945. The largest absolute Gasteiger partial charge is 0.346 e. The van der Waals surface area contributed by atoms with Gasteiger partial charge < -0.3 is 10.6 Å². The van der Waals surface area contributed by atoms with Gasteiger partial charge in [-0.15, -0.1) is 0 Å². The van der Waals surface area contributed by atoms with Gasteiger partial charge in [0.15, 0.2) is 0 Å². The number of H-pyrrole nitrogens is 1. The van der Waals surface area contributed by atoms with Gasteiger partial charge in [-0.2, -0.15) is 5.10 Å². The van der Waals surface area contributed by atoms with Crippen LogP contribution in [-0.2, 0) is 25.9 Å².